The quantitative estimate of drug-likeness (QED) is 0.199. The van der Waals surface area contributed by atoms with Crippen LogP contribution >= 0.6 is 0 Å². The second kappa shape index (κ2) is 12.1. The molecule has 0 aromatic heterocycles. The highest BCUT2D eigenvalue weighted by Gasteiger charge is 2.21. The molecule has 4 aromatic rings. The zero-order valence-electron chi connectivity index (χ0n) is 23.5. The second-order valence-electron chi connectivity index (χ2n) is 11.1. The van der Waals surface area contributed by atoms with Gasteiger partial charge < -0.3 is 20.3 Å². The molecular weight excluding hydrogens is 486 g/mol. The predicted molar refractivity (Wildman–Crippen MR) is 158 cm³/mol. The van der Waals surface area contributed by atoms with E-state index in [9.17, 15) is 15.0 Å². The van der Waals surface area contributed by atoms with Gasteiger partial charge in [-0.15, -0.1) is 0 Å². The van der Waals surface area contributed by atoms with Gasteiger partial charge in [0.2, 0.25) is 0 Å². The summed E-state index contributed by atoms with van der Waals surface area (Å²) in [7, 11) is 0. The minimum absolute atomic E-state index is 0.195. The van der Waals surface area contributed by atoms with Crippen LogP contribution in [0.1, 0.15) is 59.5 Å². The number of aliphatic hydroxyl groups excluding tert-OH is 1. The van der Waals surface area contributed by atoms with E-state index in [1.165, 1.54) is 16.3 Å². The summed E-state index contributed by atoms with van der Waals surface area (Å²) in [4.78, 5) is 11.6. The highest BCUT2D eigenvalue weighted by Crippen LogP contribution is 2.34. The molecule has 0 radical (unpaired) electrons. The minimum atomic E-state index is -0.921. The van der Waals surface area contributed by atoms with Gasteiger partial charge >= 0.3 is 5.97 Å². The topological polar surface area (TPSA) is 78.8 Å². The van der Waals surface area contributed by atoms with E-state index in [-0.39, 0.29) is 18.2 Å². The van der Waals surface area contributed by atoms with Crippen molar-refractivity contribution < 1.29 is 19.7 Å². The molecule has 0 heterocycles. The van der Waals surface area contributed by atoms with Gasteiger partial charge in [0, 0.05) is 12.1 Å². The van der Waals surface area contributed by atoms with Gasteiger partial charge in [-0.25, -0.2) is 4.79 Å². The molecule has 2 atom stereocenters. The Morgan fingerprint density at radius 1 is 0.897 bits per heavy atom. The van der Waals surface area contributed by atoms with Gasteiger partial charge in [-0.3, -0.25) is 0 Å². The van der Waals surface area contributed by atoms with E-state index in [1.807, 2.05) is 51.1 Å². The highest BCUT2D eigenvalue weighted by molar-refractivity contribution is 5.91. The largest absolute Gasteiger partial charge is 0.478 e. The molecule has 39 heavy (non-hydrogen) atoms. The van der Waals surface area contributed by atoms with Gasteiger partial charge in [-0.1, -0.05) is 72.8 Å². The van der Waals surface area contributed by atoms with E-state index >= 15 is 0 Å². The second-order valence-corrected chi connectivity index (χ2v) is 11.1. The molecule has 0 bridgehead atoms. The molecule has 0 aliphatic carbocycles. The molecule has 4 rings (SSSR count). The van der Waals surface area contributed by atoms with Crippen molar-refractivity contribution in [2.24, 2.45) is 0 Å². The third-order valence-electron chi connectivity index (χ3n) is 7.52. The van der Waals surface area contributed by atoms with Crippen LogP contribution in [-0.2, 0) is 11.2 Å². The summed E-state index contributed by atoms with van der Waals surface area (Å²) in [5.74, 6) is -0.921. The Kier molecular flexibility index (Phi) is 8.86. The van der Waals surface area contributed by atoms with E-state index in [4.69, 9.17) is 4.74 Å². The summed E-state index contributed by atoms with van der Waals surface area (Å²) in [5, 5.41) is 26.2. The SMILES string of the molecule is Cc1c(C(=O)O)ccc(-c2ccccc2C(C)OC[C@@H](O)CNC(C)(C)Cc2ccc3ccccc3c2)c1C. The van der Waals surface area contributed by atoms with Crippen molar-refractivity contribution in [1.29, 1.82) is 0 Å². The van der Waals surface area contributed by atoms with Crippen LogP contribution in [0, 0.1) is 13.8 Å². The number of nitrogens with one attached hydrogen (secondary N) is 1. The van der Waals surface area contributed by atoms with E-state index in [0.29, 0.717) is 12.1 Å². The molecule has 4 aromatic carbocycles. The summed E-state index contributed by atoms with van der Waals surface area (Å²) >= 11 is 0. The van der Waals surface area contributed by atoms with Gasteiger partial charge in [-0.2, -0.15) is 0 Å². The van der Waals surface area contributed by atoms with Crippen molar-refractivity contribution in [2.45, 2.75) is 58.8 Å². The van der Waals surface area contributed by atoms with Crippen molar-refractivity contribution in [3.05, 3.63) is 107 Å². The number of carboxylic acids is 1. The smallest absolute Gasteiger partial charge is 0.335 e. The average molecular weight is 526 g/mol. The standard InChI is InChI=1S/C34H39NO4/c1-22-23(2)30(33(37)38)17-16-29(22)32-13-9-8-12-31(32)24(3)39-21-28(36)20-35-34(4,5)19-25-14-15-26-10-6-7-11-27(26)18-25/h6-18,24,28,35-36H,19-21H2,1-5H3,(H,37,38)/t24?,28-/m0/s1. The van der Waals surface area contributed by atoms with Crippen LogP contribution < -0.4 is 5.32 Å². The summed E-state index contributed by atoms with van der Waals surface area (Å²) in [5.41, 5.74) is 6.07. The summed E-state index contributed by atoms with van der Waals surface area (Å²) < 4.78 is 6.13. The van der Waals surface area contributed by atoms with Crippen LogP contribution in [0.4, 0.5) is 0 Å². The molecule has 204 valence electrons. The average Bonchev–Trinajstić information content (AvgIpc) is 2.91. The van der Waals surface area contributed by atoms with Gasteiger partial charge in [0.25, 0.3) is 0 Å². The lowest BCUT2D eigenvalue weighted by atomic mass is 9.90. The van der Waals surface area contributed by atoms with Crippen LogP contribution in [0.2, 0.25) is 0 Å². The first-order valence-electron chi connectivity index (χ1n) is 13.5. The van der Waals surface area contributed by atoms with Crippen LogP contribution in [0.3, 0.4) is 0 Å². The maximum atomic E-state index is 11.6. The molecular formula is C34H39NO4. The van der Waals surface area contributed by atoms with Crippen molar-refractivity contribution in [2.75, 3.05) is 13.2 Å². The molecule has 0 aliphatic heterocycles. The third kappa shape index (κ3) is 6.93. The van der Waals surface area contributed by atoms with Crippen LogP contribution in [0.25, 0.3) is 21.9 Å². The lowest BCUT2D eigenvalue weighted by Crippen LogP contribution is -2.46. The van der Waals surface area contributed by atoms with Gasteiger partial charge in [0.15, 0.2) is 0 Å². The molecule has 1 unspecified atom stereocenters. The number of rotatable bonds is 11. The Bertz CT molecular complexity index is 1460. The predicted octanol–water partition coefficient (Wildman–Crippen LogP) is 6.87. The van der Waals surface area contributed by atoms with Crippen molar-refractivity contribution in [3.8, 4) is 11.1 Å². The van der Waals surface area contributed by atoms with Crippen LogP contribution in [-0.4, -0.2) is 41.0 Å². The van der Waals surface area contributed by atoms with E-state index in [0.717, 1.165) is 34.2 Å². The first-order valence-corrected chi connectivity index (χ1v) is 13.5. The number of aromatic carboxylic acids is 1. The Morgan fingerprint density at radius 3 is 2.33 bits per heavy atom. The molecule has 0 saturated carbocycles. The molecule has 0 aliphatic rings. The number of hydrogen-bond donors (Lipinski definition) is 3. The Labute approximate surface area is 231 Å². The van der Waals surface area contributed by atoms with Crippen molar-refractivity contribution in [3.63, 3.8) is 0 Å². The highest BCUT2D eigenvalue weighted by atomic mass is 16.5. The molecule has 5 nitrogen and oxygen atoms in total. The fourth-order valence-electron chi connectivity index (χ4n) is 5.16. The van der Waals surface area contributed by atoms with Gasteiger partial charge in [0.05, 0.1) is 24.4 Å². The number of fused-ring (bicyclic) bond motifs is 1. The molecule has 3 N–H and O–H groups in total. The molecule has 0 saturated heterocycles. The first kappa shape index (κ1) is 28.5. The number of carbonyl (C=O) groups is 1. The normalized spacial score (nSPS) is 13.4. The maximum absolute atomic E-state index is 11.6. The van der Waals surface area contributed by atoms with Crippen LogP contribution in [0.15, 0.2) is 78.9 Å². The monoisotopic (exact) mass is 525 g/mol. The third-order valence-corrected chi connectivity index (χ3v) is 7.52. The first-order chi connectivity index (χ1) is 18.6. The van der Waals surface area contributed by atoms with Crippen molar-refractivity contribution in [1.82, 2.24) is 5.32 Å². The summed E-state index contributed by atoms with van der Waals surface area (Å²) in [6.07, 6.45) is -0.0659. The van der Waals surface area contributed by atoms with Crippen molar-refractivity contribution >= 4 is 16.7 Å². The Hall–Kier alpha value is -3.51. The zero-order chi connectivity index (χ0) is 28.2. The van der Waals surface area contributed by atoms with E-state index in [1.54, 1.807) is 6.07 Å². The number of benzene rings is 4. The molecule has 0 spiro atoms. The Morgan fingerprint density at radius 2 is 1.59 bits per heavy atom. The van der Waals surface area contributed by atoms with Gasteiger partial charge in [0.1, 0.15) is 0 Å². The number of ether oxygens (including phenoxy) is 1. The zero-order valence-corrected chi connectivity index (χ0v) is 23.5. The maximum Gasteiger partial charge on any atom is 0.335 e. The van der Waals surface area contributed by atoms with Gasteiger partial charge in [-0.05, 0) is 91.3 Å². The lowest BCUT2D eigenvalue weighted by Gasteiger charge is -2.28. The van der Waals surface area contributed by atoms with E-state index < -0.39 is 12.1 Å². The number of hydrogen-bond acceptors (Lipinski definition) is 4. The number of carboxylic acid groups (broad SMARTS) is 1. The lowest BCUT2D eigenvalue weighted by molar-refractivity contribution is -0.00397. The summed E-state index contributed by atoms with van der Waals surface area (Å²) in [6.45, 7) is 10.7. The fourth-order valence-corrected chi connectivity index (χ4v) is 5.16. The van der Waals surface area contributed by atoms with Crippen LogP contribution in [0.5, 0.6) is 0 Å². The van der Waals surface area contributed by atoms with E-state index in [2.05, 4.69) is 61.6 Å². The fraction of sp³-hybridized carbons (Fsp3) is 0.324. The molecule has 5 heteroatoms. The summed E-state index contributed by atoms with van der Waals surface area (Å²) in [6, 6.07) is 26.5. The number of β-amino-alcohol motifs (C(OH)–C–C–N with tert-alkyl or cyclic N) is 1. The molecule has 0 fully saturated rings. The Balaban J connectivity index is 1.36. The minimum Gasteiger partial charge on any atom is -0.478 e. The number of aliphatic hydroxyl groups is 1. The molecule has 0 amide bonds.